The van der Waals surface area contributed by atoms with Gasteiger partial charge in [-0.25, -0.2) is 4.79 Å². The lowest BCUT2D eigenvalue weighted by molar-refractivity contribution is 0.0247. The van der Waals surface area contributed by atoms with Crippen LogP contribution in [-0.4, -0.2) is 35.9 Å². The lowest BCUT2D eigenvalue weighted by atomic mass is 10.1. The Balaban J connectivity index is 2.31. The first-order chi connectivity index (χ1) is 8.38. The maximum atomic E-state index is 11.6. The van der Waals surface area contributed by atoms with Crippen LogP contribution in [0.4, 0.5) is 0 Å². The van der Waals surface area contributed by atoms with Gasteiger partial charge in [0.25, 0.3) is 0 Å². The number of nitrogens with one attached hydrogen (secondary N) is 1. The first kappa shape index (κ1) is 14.7. The summed E-state index contributed by atoms with van der Waals surface area (Å²) in [5, 5.41) is 12.8. The third kappa shape index (κ3) is 5.80. The highest BCUT2D eigenvalue weighted by Gasteiger charge is 2.14. The molecule has 4 heteroatoms. The minimum absolute atomic E-state index is 0.00317. The van der Waals surface area contributed by atoms with E-state index in [0.717, 1.165) is 0 Å². The summed E-state index contributed by atoms with van der Waals surface area (Å²) in [4.78, 5) is 11.6. The molecule has 1 rings (SSSR count). The molecule has 0 saturated carbocycles. The quantitative estimate of drug-likeness (QED) is 0.780. The van der Waals surface area contributed by atoms with Crippen molar-refractivity contribution in [3.63, 3.8) is 0 Å². The lowest BCUT2D eigenvalue weighted by Crippen LogP contribution is -2.42. The van der Waals surface area contributed by atoms with E-state index in [1.807, 2.05) is 26.8 Å². The van der Waals surface area contributed by atoms with E-state index in [0.29, 0.717) is 12.1 Å². The van der Waals surface area contributed by atoms with E-state index >= 15 is 0 Å². The fourth-order valence-electron chi connectivity index (χ4n) is 1.31. The fourth-order valence-corrected chi connectivity index (χ4v) is 1.31. The molecule has 0 aliphatic carbocycles. The van der Waals surface area contributed by atoms with Crippen molar-refractivity contribution in [3.8, 4) is 0 Å². The summed E-state index contributed by atoms with van der Waals surface area (Å²) >= 11 is 0. The first-order valence-corrected chi connectivity index (χ1v) is 6.04. The van der Waals surface area contributed by atoms with Gasteiger partial charge >= 0.3 is 5.97 Å². The Hall–Kier alpha value is -1.39. The molecule has 18 heavy (non-hydrogen) atoms. The highest BCUT2D eigenvalue weighted by atomic mass is 16.5. The van der Waals surface area contributed by atoms with Crippen molar-refractivity contribution in [1.29, 1.82) is 0 Å². The maximum Gasteiger partial charge on any atom is 0.338 e. The van der Waals surface area contributed by atoms with Gasteiger partial charge in [-0.2, -0.15) is 0 Å². The van der Waals surface area contributed by atoms with Crippen LogP contribution in [0.3, 0.4) is 0 Å². The van der Waals surface area contributed by atoms with Gasteiger partial charge in [0.15, 0.2) is 0 Å². The third-order valence-corrected chi connectivity index (χ3v) is 2.28. The van der Waals surface area contributed by atoms with Crippen molar-refractivity contribution in [2.24, 2.45) is 0 Å². The highest BCUT2D eigenvalue weighted by Crippen LogP contribution is 2.02. The van der Waals surface area contributed by atoms with Gasteiger partial charge in [-0.15, -0.1) is 0 Å². The molecule has 0 bridgehead atoms. The average molecular weight is 251 g/mol. The number of hydrogen-bond donors (Lipinski definition) is 2. The third-order valence-electron chi connectivity index (χ3n) is 2.28. The number of aliphatic hydroxyl groups excluding tert-OH is 1. The average Bonchev–Trinajstić information content (AvgIpc) is 2.33. The van der Waals surface area contributed by atoms with E-state index in [2.05, 4.69) is 5.32 Å². The molecule has 0 aromatic heterocycles. The van der Waals surface area contributed by atoms with Crippen LogP contribution in [0.25, 0.3) is 0 Å². The lowest BCUT2D eigenvalue weighted by Gasteiger charge is -2.22. The smallest absolute Gasteiger partial charge is 0.338 e. The van der Waals surface area contributed by atoms with Crippen LogP contribution in [0, 0.1) is 0 Å². The van der Waals surface area contributed by atoms with Crippen LogP contribution in [0.15, 0.2) is 30.3 Å². The predicted octanol–water partition coefficient (Wildman–Crippen LogP) is 1.59. The van der Waals surface area contributed by atoms with Crippen molar-refractivity contribution >= 4 is 5.97 Å². The standard InChI is InChI=1S/C14H21NO3/c1-14(2,3)15-9-12(16)10-18-13(17)11-7-5-4-6-8-11/h4-8,12,15-16H,9-10H2,1-3H3/t12-/m0/s1. The zero-order chi connectivity index (χ0) is 13.6. The molecular formula is C14H21NO3. The molecule has 4 nitrogen and oxygen atoms in total. The van der Waals surface area contributed by atoms with Crippen LogP contribution < -0.4 is 5.32 Å². The summed E-state index contributed by atoms with van der Waals surface area (Å²) in [5.41, 5.74) is 0.429. The molecule has 0 heterocycles. The van der Waals surface area contributed by atoms with Gasteiger partial charge in [0.05, 0.1) is 5.56 Å². The zero-order valence-electron chi connectivity index (χ0n) is 11.1. The molecule has 0 aliphatic heterocycles. The molecule has 1 aromatic rings. The predicted molar refractivity (Wildman–Crippen MR) is 70.5 cm³/mol. The van der Waals surface area contributed by atoms with Crippen LogP contribution >= 0.6 is 0 Å². The summed E-state index contributed by atoms with van der Waals surface area (Å²) in [6.45, 7) is 6.42. The number of ether oxygens (including phenoxy) is 1. The van der Waals surface area contributed by atoms with Gasteiger partial charge in [0.2, 0.25) is 0 Å². The van der Waals surface area contributed by atoms with E-state index < -0.39 is 12.1 Å². The molecule has 0 aliphatic rings. The topological polar surface area (TPSA) is 58.6 Å². The van der Waals surface area contributed by atoms with Crippen molar-refractivity contribution in [2.75, 3.05) is 13.2 Å². The van der Waals surface area contributed by atoms with E-state index in [-0.39, 0.29) is 12.1 Å². The normalized spacial score (nSPS) is 13.1. The molecule has 1 atom stereocenters. The second-order valence-electron chi connectivity index (χ2n) is 5.25. The molecule has 0 amide bonds. The van der Waals surface area contributed by atoms with Gasteiger partial charge in [0, 0.05) is 12.1 Å². The second-order valence-corrected chi connectivity index (χ2v) is 5.25. The maximum absolute atomic E-state index is 11.6. The summed E-state index contributed by atoms with van der Waals surface area (Å²) in [5.74, 6) is -0.412. The summed E-state index contributed by atoms with van der Waals surface area (Å²) in [7, 11) is 0. The van der Waals surface area contributed by atoms with Gasteiger partial charge in [-0.05, 0) is 32.9 Å². The van der Waals surface area contributed by atoms with Gasteiger partial charge in [-0.1, -0.05) is 18.2 Å². The SMILES string of the molecule is CC(C)(C)NC[C@H](O)COC(=O)c1ccccc1. The molecule has 0 saturated heterocycles. The van der Waals surface area contributed by atoms with Crippen molar-refractivity contribution in [3.05, 3.63) is 35.9 Å². The number of hydrogen-bond acceptors (Lipinski definition) is 4. The Bertz CT molecular complexity index is 370. The molecule has 0 radical (unpaired) electrons. The highest BCUT2D eigenvalue weighted by molar-refractivity contribution is 5.89. The second kappa shape index (κ2) is 6.52. The fraction of sp³-hybridized carbons (Fsp3) is 0.500. The van der Waals surface area contributed by atoms with Crippen molar-refractivity contribution < 1.29 is 14.6 Å². The Morgan fingerprint density at radius 3 is 2.50 bits per heavy atom. The molecular weight excluding hydrogens is 230 g/mol. The number of carbonyl (C=O) groups excluding carboxylic acids is 1. The van der Waals surface area contributed by atoms with Crippen LogP contribution in [0.5, 0.6) is 0 Å². The van der Waals surface area contributed by atoms with E-state index in [4.69, 9.17) is 4.74 Å². The summed E-state index contributed by atoms with van der Waals surface area (Å²) in [6, 6.07) is 8.74. The minimum Gasteiger partial charge on any atom is -0.459 e. The molecule has 0 fully saturated rings. The number of β-amino-alcohol motifs (C(OH)–C–C–N with tert-alkyl or cyclic N) is 1. The summed E-state index contributed by atoms with van der Waals surface area (Å²) < 4.78 is 5.03. The number of esters is 1. The van der Waals surface area contributed by atoms with Crippen LogP contribution in [-0.2, 0) is 4.74 Å². The van der Waals surface area contributed by atoms with Crippen molar-refractivity contribution in [1.82, 2.24) is 5.32 Å². The van der Waals surface area contributed by atoms with E-state index in [1.54, 1.807) is 24.3 Å². The molecule has 1 aromatic carbocycles. The number of rotatable bonds is 5. The largest absolute Gasteiger partial charge is 0.459 e. The minimum atomic E-state index is -0.697. The summed E-state index contributed by atoms with van der Waals surface area (Å²) in [6.07, 6.45) is -0.697. The van der Waals surface area contributed by atoms with Crippen LogP contribution in [0.2, 0.25) is 0 Å². The van der Waals surface area contributed by atoms with E-state index in [9.17, 15) is 9.90 Å². The number of aliphatic hydroxyl groups is 1. The zero-order valence-corrected chi connectivity index (χ0v) is 11.1. The Morgan fingerprint density at radius 2 is 1.94 bits per heavy atom. The Morgan fingerprint density at radius 1 is 1.33 bits per heavy atom. The molecule has 0 spiro atoms. The van der Waals surface area contributed by atoms with Gasteiger partial charge in [0.1, 0.15) is 12.7 Å². The number of benzene rings is 1. The number of carbonyl (C=O) groups is 1. The monoisotopic (exact) mass is 251 g/mol. The molecule has 100 valence electrons. The first-order valence-electron chi connectivity index (χ1n) is 6.04. The molecule has 0 unspecified atom stereocenters. The van der Waals surface area contributed by atoms with Crippen LogP contribution in [0.1, 0.15) is 31.1 Å². The van der Waals surface area contributed by atoms with Crippen molar-refractivity contribution in [2.45, 2.75) is 32.4 Å². The Labute approximate surface area is 108 Å². The van der Waals surface area contributed by atoms with Gasteiger partial charge in [-0.3, -0.25) is 0 Å². The Kier molecular flexibility index (Phi) is 5.31. The van der Waals surface area contributed by atoms with E-state index in [1.165, 1.54) is 0 Å². The molecule has 2 N–H and O–H groups in total. The van der Waals surface area contributed by atoms with Gasteiger partial charge < -0.3 is 15.2 Å².